The highest BCUT2D eigenvalue weighted by molar-refractivity contribution is 14.1. The predicted octanol–water partition coefficient (Wildman–Crippen LogP) is 3.55. The van der Waals surface area contributed by atoms with Crippen LogP contribution in [0, 0.1) is 3.57 Å². The van der Waals surface area contributed by atoms with Crippen LogP contribution in [-0.2, 0) is 4.79 Å². The van der Waals surface area contributed by atoms with Crippen molar-refractivity contribution < 1.29 is 14.7 Å². The lowest BCUT2D eigenvalue weighted by molar-refractivity contribution is -0.115. The van der Waals surface area contributed by atoms with E-state index < -0.39 is 23.7 Å². The van der Waals surface area contributed by atoms with Gasteiger partial charge < -0.3 is 21.1 Å². The summed E-state index contributed by atoms with van der Waals surface area (Å²) in [6, 6.07) is 13.4. The van der Waals surface area contributed by atoms with Crippen LogP contribution >= 0.6 is 22.6 Å². The lowest BCUT2D eigenvalue weighted by Gasteiger charge is -2.17. The Bertz CT molecular complexity index is 835. The monoisotopic (exact) mass is 435 g/mol. The number of rotatable bonds is 2. The van der Waals surface area contributed by atoms with Crippen molar-refractivity contribution in [1.29, 1.82) is 0 Å². The first kappa shape index (κ1) is 16.3. The zero-order chi connectivity index (χ0) is 17.1. The van der Waals surface area contributed by atoms with Crippen LogP contribution in [0.5, 0.6) is 0 Å². The third-order valence-corrected chi connectivity index (χ3v) is 4.14. The van der Waals surface area contributed by atoms with Crippen LogP contribution in [0.4, 0.5) is 16.2 Å². The molecular weight excluding hydrogens is 421 g/mol. The Kier molecular flexibility index (Phi) is 4.70. The molecule has 4 N–H and O–H groups in total. The SMILES string of the molecule is O=C(Nc1cccc(I)c1)NC1C=C(O)C(=O)Nc2ccccc21. The first-order valence-electron chi connectivity index (χ1n) is 7.17. The van der Waals surface area contributed by atoms with Gasteiger partial charge in [-0.25, -0.2) is 4.79 Å². The second-order valence-electron chi connectivity index (χ2n) is 5.18. The minimum Gasteiger partial charge on any atom is -0.503 e. The molecule has 0 saturated carbocycles. The number of fused-ring (bicyclic) bond motifs is 1. The van der Waals surface area contributed by atoms with Crippen LogP contribution in [0.25, 0.3) is 0 Å². The molecule has 0 saturated heterocycles. The molecule has 0 bridgehead atoms. The molecule has 3 rings (SSSR count). The summed E-state index contributed by atoms with van der Waals surface area (Å²) < 4.78 is 0.998. The summed E-state index contributed by atoms with van der Waals surface area (Å²) in [6.45, 7) is 0. The Labute approximate surface area is 152 Å². The Balaban J connectivity index is 1.82. The van der Waals surface area contributed by atoms with E-state index in [9.17, 15) is 14.7 Å². The Hall–Kier alpha value is -2.55. The van der Waals surface area contributed by atoms with Gasteiger partial charge in [0.2, 0.25) is 0 Å². The Morgan fingerprint density at radius 2 is 1.96 bits per heavy atom. The maximum Gasteiger partial charge on any atom is 0.319 e. The van der Waals surface area contributed by atoms with Gasteiger partial charge in [-0.3, -0.25) is 4.79 Å². The van der Waals surface area contributed by atoms with E-state index in [-0.39, 0.29) is 0 Å². The molecule has 2 aromatic carbocycles. The quantitative estimate of drug-likeness (QED) is 0.544. The van der Waals surface area contributed by atoms with E-state index in [2.05, 4.69) is 38.5 Å². The van der Waals surface area contributed by atoms with Gasteiger partial charge in [-0.2, -0.15) is 0 Å². The largest absolute Gasteiger partial charge is 0.503 e. The molecule has 0 spiro atoms. The molecule has 0 radical (unpaired) electrons. The number of carbonyl (C=O) groups is 2. The molecule has 24 heavy (non-hydrogen) atoms. The van der Waals surface area contributed by atoms with Gasteiger partial charge in [-0.1, -0.05) is 24.3 Å². The number of nitrogens with one attached hydrogen (secondary N) is 3. The Morgan fingerprint density at radius 3 is 2.75 bits per heavy atom. The highest BCUT2D eigenvalue weighted by atomic mass is 127. The third kappa shape index (κ3) is 3.67. The minimum absolute atomic E-state index is 0.435. The van der Waals surface area contributed by atoms with Crippen molar-refractivity contribution in [2.24, 2.45) is 0 Å². The molecule has 6 nitrogen and oxygen atoms in total. The molecule has 1 aliphatic rings. The van der Waals surface area contributed by atoms with Gasteiger partial charge in [0, 0.05) is 20.5 Å². The number of carbonyl (C=O) groups excluding carboxylic acids is 2. The molecule has 122 valence electrons. The van der Waals surface area contributed by atoms with Crippen LogP contribution in [0.2, 0.25) is 0 Å². The number of aliphatic hydroxyl groups excluding tert-OH is 1. The Morgan fingerprint density at radius 1 is 1.17 bits per heavy atom. The number of urea groups is 1. The number of para-hydroxylation sites is 1. The summed E-state index contributed by atoms with van der Waals surface area (Å²) in [4.78, 5) is 24.0. The molecule has 1 aliphatic heterocycles. The summed E-state index contributed by atoms with van der Waals surface area (Å²) in [7, 11) is 0. The number of hydrogen-bond donors (Lipinski definition) is 4. The minimum atomic E-state index is -0.636. The van der Waals surface area contributed by atoms with Gasteiger partial charge in [0.05, 0.1) is 6.04 Å². The molecule has 1 atom stereocenters. The van der Waals surface area contributed by atoms with Crippen LogP contribution < -0.4 is 16.0 Å². The number of benzene rings is 2. The second kappa shape index (κ2) is 6.91. The van der Waals surface area contributed by atoms with E-state index in [0.717, 1.165) is 3.57 Å². The van der Waals surface area contributed by atoms with E-state index in [4.69, 9.17) is 0 Å². The number of halogens is 1. The molecule has 0 aliphatic carbocycles. The zero-order valence-corrected chi connectivity index (χ0v) is 14.6. The molecule has 7 heteroatoms. The van der Waals surface area contributed by atoms with E-state index in [1.165, 1.54) is 6.08 Å². The molecular formula is C17H14IN3O3. The van der Waals surface area contributed by atoms with Crippen LogP contribution in [0.3, 0.4) is 0 Å². The van der Waals surface area contributed by atoms with E-state index in [1.54, 1.807) is 30.3 Å². The first-order chi connectivity index (χ1) is 11.5. The van der Waals surface area contributed by atoms with Crippen molar-refractivity contribution in [2.45, 2.75) is 6.04 Å². The van der Waals surface area contributed by atoms with Crippen molar-refractivity contribution in [1.82, 2.24) is 5.32 Å². The number of anilines is 2. The first-order valence-corrected chi connectivity index (χ1v) is 8.25. The van der Waals surface area contributed by atoms with Crippen LogP contribution in [0.15, 0.2) is 60.4 Å². The average Bonchev–Trinajstić information content (AvgIpc) is 2.65. The highest BCUT2D eigenvalue weighted by Crippen LogP contribution is 2.27. The van der Waals surface area contributed by atoms with E-state index in [0.29, 0.717) is 16.9 Å². The maximum atomic E-state index is 12.3. The molecule has 1 unspecified atom stereocenters. The van der Waals surface area contributed by atoms with Gasteiger partial charge in [0.15, 0.2) is 5.76 Å². The third-order valence-electron chi connectivity index (χ3n) is 3.47. The fraction of sp³-hybridized carbons (Fsp3) is 0.0588. The topological polar surface area (TPSA) is 90.5 Å². The normalized spacial score (nSPS) is 16.3. The average molecular weight is 435 g/mol. The van der Waals surface area contributed by atoms with Crippen molar-refractivity contribution in [2.75, 3.05) is 10.6 Å². The van der Waals surface area contributed by atoms with Crippen LogP contribution in [0.1, 0.15) is 11.6 Å². The fourth-order valence-corrected chi connectivity index (χ4v) is 2.93. The van der Waals surface area contributed by atoms with E-state index >= 15 is 0 Å². The van der Waals surface area contributed by atoms with Crippen molar-refractivity contribution in [3.63, 3.8) is 0 Å². The van der Waals surface area contributed by atoms with Gasteiger partial charge in [0.25, 0.3) is 5.91 Å². The maximum absolute atomic E-state index is 12.3. The summed E-state index contributed by atoms with van der Waals surface area (Å²) in [5.41, 5.74) is 1.89. The molecule has 3 amide bonds. The van der Waals surface area contributed by atoms with Gasteiger partial charge in [-0.15, -0.1) is 0 Å². The summed E-state index contributed by atoms with van der Waals surface area (Å²) in [5, 5.41) is 17.9. The molecule has 0 fully saturated rings. The number of amides is 3. The summed E-state index contributed by atoms with van der Waals surface area (Å²) >= 11 is 2.16. The fourth-order valence-electron chi connectivity index (χ4n) is 2.39. The summed E-state index contributed by atoms with van der Waals surface area (Å²) in [6.07, 6.45) is 1.31. The smallest absolute Gasteiger partial charge is 0.319 e. The number of hydrogen-bond acceptors (Lipinski definition) is 3. The molecule has 2 aromatic rings. The molecule has 1 heterocycles. The lowest BCUT2D eigenvalue weighted by atomic mass is 10.1. The van der Waals surface area contributed by atoms with Gasteiger partial charge in [-0.05, 0) is 52.9 Å². The summed E-state index contributed by atoms with van der Waals surface area (Å²) in [5.74, 6) is -1.05. The standard InChI is InChI=1S/C17H14IN3O3/c18-10-4-3-5-11(8-10)19-17(24)21-14-9-15(22)16(23)20-13-7-2-1-6-12(13)14/h1-9,14,22H,(H,20,23)(H2,19,21,24). The zero-order valence-electron chi connectivity index (χ0n) is 12.4. The van der Waals surface area contributed by atoms with Crippen molar-refractivity contribution >= 4 is 45.9 Å². The van der Waals surface area contributed by atoms with Crippen molar-refractivity contribution in [3.05, 3.63) is 69.5 Å². The van der Waals surface area contributed by atoms with Crippen molar-refractivity contribution in [3.8, 4) is 0 Å². The molecule has 0 aromatic heterocycles. The number of aliphatic hydroxyl groups is 1. The lowest BCUT2D eigenvalue weighted by Crippen LogP contribution is -2.31. The van der Waals surface area contributed by atoms with Gasteiger partial charge >= 0.3 is 6.03 Å². The van der Waals surface area contributed by atoms with Gasteiger partial charge in [0.1, 0.15) is 0 Å². The second-order valence-corrected chi connectivity index (χ2v) is 6.43. The highest BCUT2D eigenvalue weighted by Gasteiger charge is 2.23. The van der Waals surface area contributed by atoms with E-state index in [1.807, 2.05) is 18.2 Å². The predicted molar refractivity (Wildman–Crippen MR) is 99.8 cm³/mol. The van der Waals surface area contributed by atoms with Crippen LogP contribution in [-0.4, -0.2) is 17.0 Å².